The highest BCUT2D eigenvalue weighted by molar-refractivity contribution is 5.47. The van der Waals surface area contributed by atoms with E-state index in [9.17, 15) is 13.2 Å². The lowest BCUT2D eigenvalue weighted by Gasteiger charge is -2.04. The van der Waals surface area contributed by atoms with E-state index in [0.29, 0.717) is 23.8 Å². The fraction of sp³-hybridized carbons (Fsp3) is 0.222. The fourth-order valence-electron chi connectivity index (χ4n) is 1.08. The van der Waals surface area contributed by atoms with E-state index in [2.05, 4.69) is 15.1 Å². The molecule has 0 radical (unpaired) electrons. The normalized spacial score (nSPS) is 11.8. The molecule has 2 aromatic heterocycles. The van der Waals surface area contributed by atoms with Gasteiger partial charge in [0.2, 0.25) is 0 Å². The van der Waals surface area contributed by atoms with Gasteiger partial charge in [0.05, 0.1) is 5.56 Å². The van der Waals surface area contributed by atoms with Gasteiger partial charge in [-0.15, -0.1) is 0 Å². The predicted molar refractivity (Wildman–Crippen MR) is 47.3 cm³/mol. The van der Waals surface area contributed by atoms with E-state index < -0.39 is 11.7 Å². The van der Waals surface area contributed by atoms with Gasteiger partial charge in [0, 0.05) is 18.5 Å². The van der Waals surface area contributed by atoms with Crippen LogP contribution in [0.4, 0.5) is 13.2 Å². The Morgan fingerprint density at radius 2 is 1.81 bits per heavy atom. The second kappa shape index (κ2) is 3.58. The van der Waals surface area contributed by atoms with Crippen molar-refractivity contribution in [1.82, 2.24) is 15.1 Å². The third-order valence-corrected chi connectivity index (χ3v) is 1.84. The number of halogens is 3. The molecule has 84 valence electrons. The number of alkyl halides is 3. The Labute approximate surface area is 88.1 Å². The summed E-state index contributed by atoms with van der Waals surface area (Å²) in [6, 6.07) is 1.54. The summed E-state index contributed by atoms with van der Waals surface area (Å²) in [5.41, 5.74) is -0.581. The van der Waals surface area contributed by atoms with Gasteiger partial charge in [-0.25, -0.2) is 9.97 Å². The Morgan fingerprint density at radius 3 is 2.25 bits per heavy atom. The summed E-state index contributed by atoms with van der Waals surface area (Å²) in [5.74, 6) is 0.642. The average Bonchev–Trinajstić information content (AvgIpc) is 2.64. The van der Waals surface area contributed by atoms with Crippen LogP contribution in [-0.4, -0.2) is 15.1 Å². The summed E-state index contributed by atoms with van der Waals surface area (Å²) in [7, 11) is 0. The Morgan fingerprint density at radius 1 is 1.19 bits per heavy atom. The van der Waals surface area contributed by atoms with Gasteiger partial charge >= 0.3 is 6.18 Å². The van der Waals surface area contributed by atoms with Gasteiger partial charge < -0.3 is 4.52 Å². The fourth-order valence-corrected chi connectivity index (χ4v) is 1.08. The summed E-state index contributed by atoms with van der Waals surface area (Å²) in [5, 5.41) is 3.60. The average molecular weight is 229 g/mol. The molecule has 0 N–H and O–H groups in total. The Kier molecular flexibility index (Phi) is 2.37. The molecule has 0 saturated heterocycles. The third kappa shape index (κ3) is 2.02. The van der Waals surface area contributed by atoms with Crippen LogP contribution in [0.5, 0.6) is 0 Å². The zero-order valence-corrected chi connectivity index (χ0v) is 8.12. The minimum atomic E-state index is -4.43. The topological polar surface area (TPSA) is 51.8 Å². The molecule has 0 aliphatic rings. The van der Waals surface area contributed by atoms with Crippen LogP contribution in [-0.2, 0) is 6.18 Å². The van der Waals surface area contributed by atoms with Gasteiger partial charge in [-0.05, 0) is 6.92 Å². The minimum absolute atomic E-state index is 0.102. The number of nitrogens with zero attached hydrogens (tertiary/aromatic N) is 3. The largest absolute Gasteiger partial charge is 0.419 e. The highest BCUT2D eigenvalue weighted by Gasteiger charge is 2.31. The van der Waals surface area contributed by atoms with E-state index in [1.807, 2.05) is 0 Å². The van der Waals surface area contributed by atoms with E-state index in [1.165, 1.54) is 0 Å². The van der Waals surface area contributed by atoms with Gasteiger partial charge in [0.15, 0.2) is 11.5 Å². The third-order valence-electron chi connectivity index (χ3n) is 1.84. The highest BCUT2D eigenvalue weighted by atomic mass is 19.4. The molecule has 0 spiro atoms. The second-order valence-electron chi connectivity index (χ2n) is 3.12. The number of rotatable bonds is 1. The lowest BCUT2D eigenvalue weighted by molar-refractivity contribution is -0.138. The van der Waals surface area contributed by atoms with Gasteiger partial charge in [0.1, 0.15) is 5.76 Å². The monoisotopic (exact) mass is 229 g/mol. The first-order valence-electron chi connectivity index (χ1n) is 4.30. The van der Waals surface area contributed by atoms with Gasteiger partial charge in [0.25, 0.3) is 0 Å². The number of aromatic nitrogens is 3. The highest BCUT2D eigenvalue weighted by Crippen LogP contribution is 2.28. The zero-order valence-electron chi connectivity index (χ0n) is 8.12. The van der Waals surface area contributed by atoms with E-state index >= 15 is 0 Å². The summed E-state index contributed by atoms with van der Waals surface area (Å²) >= 11 is 0. The molecule has 0 atom stereocenters. The molecule has 2 heterocycles. The Hall–Kier alpha value is -1.92. The summed E-state index contributed by atoms with van der Waals surface area (Å²) in [4.78, 5) is 7.15. The molecule has 0 aliphatic carbocycles. The van der Waals surface area contributed by atoms with Crippen molar-refractivity contribution in [3.8, 4) is 11.5 Å². The number of aryl methyl sites for hydroxylation is 1. The van der Waals surface area contributed by atoms with Crippen molar-refractivity contribution >= 4 is 0 Å². The first-order chi connectivity index (χ1) is 7.47. The summed E-state index contributed by atoms with van der Waals surface area (Å²) in [6.45, 7) is 1.67. The molecule has 2 rings (SSSR count). The molecule has 0 fully saturated rings. The Bertz CT molecular complexity index is 489. The maximum absolute atomic E-state index is 12.2. The zero-order chi connectivity index (χ0) is 11.8. The van der Waals surface area contributed by atoms with Gasteiger partial charge in [-0.3, -0.25) is 0 Å². The van der Waals surface area contributed by atoms with Crippen LogP contribution in [0, 0.1) is 6.92 Å². The van der Waals surface area contributed by atoms with Crippen LogP contribution in [0.1, 0.15) is 11.3 Å². The van der Waals surface area contributed by atoms with Crippen molar-refractivity contribution in [3.05, 3.63) is 29.8 Å². The first-order valence-corrected chi connectivity index (χ1v) is 4.30. The smallest absolute Gasteiger partial charge is 0.361 e. The molecule has 2 aromatic rings. The molecule has 0 saturated carbocycles. The molecule has 7 heteroatoms. The standard InChI is InChI=1S/C9H6F3N3O/c1-5-2-7(15-16-5)8-13-3-6(4-14-8)9(10,11)12/h2-4H,1H3. The van der Waals surface area contributed by atoms with E-state index in [-0.39, 0.29) is 5.82 Å². The van der Waals surface area contributed by atoms with E-state index in [4.69, 9.17) is 4.52 Å². The predicted octanol–water partition coefficient (Wildman–Crippen LogP) is 2.46. The van der Waals surface area contributed by atoms with Crippen molar-refractivity contribution in [1.29, 1.82) is 0 Å². The van der Waals surface area contributed by atoms with Crippen LogP contribution >= 0.6 is 0 Å². The van der Waals surface area contributed by atoms with Crippen LogP contribution in [0.3, 0.4) is 0 Å². The quantitative estimate of drug-likeness (QED) is 0.753. The van der Waals surface area contributed by atoms with Crippen molar-refractivity contribution in [2.75, 3.05) is 0 Å². The summed E-state index contributed by atoms with van der Waals surface area (Å²) < 4.78 is 41.4. The lowest BCUT2D eigenvalue weighted by Crippen LogP contribution is -2.06. The van der Waals surface area contributed by atoms with E-state index in [1.54, 1.807) is 13.0 Å². The van der Waals surface area contributed by atoms with Crippen LogP contribution < -0.4 is 0 Å². The van der Waals surface area contributed by atoms with Crippen LogP contribution in [0.2, 0.25) is 0 Å². The molecule has 0 amide bonds. The molecule has 16 heavy (non-hydrogen) atoms. The SMILES string of the molecule is Cc1cc(-c2ncc(C(F)(F)F)cn2)no1. The summed E-state index contributed by atoms with van der Waals surface area (Å²) in [6.07, 6.45) is -3.00. The van der Waals surface area contributed by atoms with Crippen molar-refractivity contribution in [2.24, 2.45) is 0 Å². The second-order valence-corrected chi connectivity index (χ2v) is 3.12. The lowest BCUT2D eigenvalue weighted by atomic mass is 10.3. The number of hydrogen-bond donors (Lipinski definition) is 0. The molecule has 4 nitrogen and oxygen atoms in total. The van der Waals surface area contributed by atoms with Gasteiger partial charge in [-0.2, -0.15) is 13.2 Å². The Balaban J connectivity index is 2.33. The molecule has 0 aromatic carbocycles. The molecule has 0 aliphatic heterocycles. The van der Waals surface area contributed by atoms with E-state index in [0.717, 1.165) is 0 Å². The minimum Gasteiger partial charge on any atom is -0.361 e. The molecule has 0 unspecified atom stereocenters. The first kappa shape index (κ1) is 10.6. The van der Waals surface area contributed by atoms with Crippen molar-refractivity contribution < 1.29 is 17.7 Å². The molecular formula is C9H6F3N3O. The van der Waals surface area contributed by atoms with Crippen LogP contribution in [0.15, 0.2) is 23.0 Å². The van der Waals surface area contributed by atoms with Crippen molar-refractivity contribution in [3.63, 3.8) is 0 Å². The molecular weight excluding hydrogens is 223 g/mol. The van der Waals surface area contributed by atoms with Gasteiger partial charge in [-0.1, -0.05) is 5.16 Å². The van der Waals surface area contributed by atoms with Crippen molar-refractivity contribution in [2.45, 2.75) is 13.1 Å². The molecule has 0 bridgehead atoms. The maximum Gasteiger partial charge on any atom is 0.419 e. The van der Waals surface area contributed by atoms with Crippen LogP contribution in [0.25, 0.3) is 11.5 Å². The number of hydrogen-bond acceptors (Lipinski definition) is 4. The maximum atomic E-state index is 12.2.